The van der Waals surface area contributed by atoms with Gasteiger partial charge in [-0.2, -0.15) is 0 Å². The van der Waals surface area contributed by atoms with E-state index < -0.39 is 30.1 Å². The summed E-state index contributed by atoms with van der Waals surface area (Å²) in [5, 5.41) is 13.9. The number of carboxylic acids is 1. The number of halogens is 2. The maximum atomic E-state index is 14.5. The van der Waals surface area contributed by atoms with E-state index in [2.05, 4.69) is 10.6 Å². The molecule has 0 unspecified atom stereocenters. The third kappa shape index (κ3) is 5.64. The van der Waals surface area contributed by atoms with E-state index >= 15 is 0 Å². The third-order valence-electron chi connectivity index (χ3n) is 3.87. The third-order valence-corrected chi connectivity index (χ3v) is 3.87. The van der Waals surface area contributed by atoms with Crippen LogP contribution in [0, 0.1) is 11.6 Å². The number of hydrogen-bond acceptors (Lipinski definition) is 3. The number of rotatable bonds is 7. The fraction of sp³-hybridized carbons (Fsp3) is 0.238. The lowest BCUT2D eigenvalue weighted by molar-refractivity contribution is -0.137. The SMILES string of the molecule is C/C(=C\c1c(F)cc(-c2ccc(NC(C)C)cc2)cc1F)C(=O)NCC(=O)O. The Morgan fingerprint density at radius 3 is 2.14 bits per heavy atom. The molecule has 0 bridgehead atoms. The second kappa shape index (κ2) is 9.12. The fourth-order valence-corrected chi connectivity index (χ4v) is 2.56. The average Bonchev–Trinajstić information content (AvgIpc) is 2.62. The number of hydrogen-bond donors (Lipinski definition) is 3. The molecule has 0 aliphatic carbocycles. The minimum Gasteiger partial charge on any atom is -0.480 e. The highest BCUT2D eigenvalue weighted by atomic mass is 19.1. The first-order valence-electron chi connectivity index (χ1n) is 8.71. The maximum Gasteiger partial charge on any atom is 0.322 e. The maximum absolute atomic E-state index is 14.5. The van der Waals surface area contributed by atoms with E-state index in [9.17, 15) is 18.4 Å². The highest BCUT2D eigenvalue weighted by molar-refractivity contribution is 5.98. The summed E-state index contributed by atoms with van der Waals surface area (Å²) in [7, 11) is 0. The summed E-state index contributed by atoms with van der Waals surface area (Å²) in [6.07, 6.45) is 1.06. The zero-order chi connectivity index (χ0) is 20.8. The molecule has 0 fully saturated rings. The minimum absolute atomic E-state index is 0.00378. The molecule has 3 N–H and O–H groups in total. The summed E-state index contributed by atoms with van der Waals surface area (Å²) in [6, 6.07) is 9.84. The van der Waals surface area contributed by atoms with E-state index in [4.69, 9.17) is 5.11 Å². The molecule has 0 aliphatic rings. The Bertz CT molecular complexity index is 883. The number of nitrogens with one attached hydrogen (secondary N) is 2. The molecule has 7 heteroatoms. The lowest BCUT2D eigenvalue weighted by atomic mass is 10.0. The Morgan fingerprint density at radius 2 is 1.64 bits per heavy atom. The summed E-state index contributed by atoms with van der Waals surface area (Å²) in [5.41, 5.74) is 1.57. The number of amides is 1. The van der Waals surface area contributed by atoms with Gasteiger partial charge >= 0.3 is 5.97 Å². The van der Waals surface area contributed by atoms with Crippen LogP contribution in [0.15, 0.2) is 42.0 Å². The molecule has 0 spiro atoms. The van der Waals surface area contributed by atoms with Crippen LogP contribution in [0.3, 0.4) is 0 Å². The first kappa shape index (κ1) is 21.1. The number of carbonyl (C=O) groups is 2. The molecule has 0 aliphatic heterocycles. The Balaban J connectivity index is 2.26. The monoisotopic (exact) mass is 388 g/mol. The van der Waals surface area contributed by atoms with Crippen molar-refractivity contribution in [2.75, 3.05) is 11.9 Å². The first-order valence-corrected chi connectivity index (χ1v) is 8.71. The van der Waals surface area contributed by atoms with Crippen molar-refractivity contribution in [3.63, 3.8) is 0 Å². The van der Waals surface area contributed by atoms with Crippen molar-refractivity contribution < 1.29 is 23.5 Å². The molecule has 0 aromatic heterocycles. The van der Waals surface area contributed by atoms with E-state index in [-0.39, 0.29) is 17.2 Å². The molecule has 0 radical (unpaired) electrons. The zero-order valence-electron chi connectivity index (χ0n) is 15.8. The molecule has 0 atom stereocenters. The minimum atomic E-state index is -1.21. The van der Waals surface area contributed by atoms with Crippen LogP contribution in [0.2, 0.25) is 0 Å². The van der Waals surface area contributed by atoms with E-state index in [1.165, 1.54) is 19.1 Å². The molecule has 0 heterocycles. The Morgan fingerprint density at radius 1 is 1.07 bits per heavy atom. The second-order valence-electron chi connectivity index (χ2n) is 6.63. The van der Waals surface area contributed by atoms with Gasteiger partial charge in [0.25, 0.3) is 0 Å². The topological polar surface area (TPSA) is 78.4 Å². The molecule has 0 saturated heterocycles. The van der Waals surface area contributed by atoms with Gasteiger partial charge in [0.05, 0.1) is 0 Å². The van der Waals surface area contributed by atoms with Crippen LogP contribution in [0.4, 0.5) is 14.5 Å². The standard InChI is InChI=1S/C21H22F2N2O3/c1-12(2)25-16-6-4-14(5-7-16)15-9-18(22)17(19(23)10-15)8-13(3)21(28)24-11-20(26)27/h4-10,12,25H,11H2,1-3H3,(H,24,28)(H,26,27)/b13-8+. The van der Waals surface area contributed by atoms with Gasteiger partial charge in [-0.25, -0.2) is 8.78 Å². The lowest BCUT2D eigenvalue weighted by Crippen LogP contribution is -2.29. The van der Waals surface area contributed by atoms with Crippen LogP contribution >= 0.6 is 0 Å². The van der Waals surface area contributed by atoms with Crippen LogP contribution in [0.5, 0.6) is 0 Å². The molecule has 148 valence electrons. The zero-order valence-corrected chi connectivity index (χ0v) is 15.8. The van der Waals surface area contributed by atoms with Crippen molar-refractivity contribution in [3.05, 3.63) is 59.2 Å². The summed E-state index contributed by atoms with van der Waals surface area (Å²) >= 11 is 0. The van der Waals surface area contributed by atoms with Crippen molar-refractivity contribution in [3.8, 4) is 11.1 Å². The van der Waals surface area contributed by atoms with Gasteiger partial charge in [0.2, 0.25) is 5.91 Å². The van der Waals surface area contributed by atoms with E-state index in [0.29, 0.717) is 11.1 Å². The van der Waals surface area contributed by atoms with Crippen molar-refractivity contribution in [2.24, 2.45) is 0 Å². The van der Waals surface area contributed by atoms with Gasteiger partial charge in [-0.1, -0.05) is 12.1 Å². The van der Waals surface area contributed by atoms with Gasteiger partial charge in [0, 0.05) is 22.9 Å². The van der Waals surface area contributed by atoms with E-state index in [1.54, 1.807) is 12.1 Å². The Labute approximate surface area is 162 Å². The molecular weight excluding hydrogens is 366 g/mol. The van der Waals surface area contributed by atoms with Crippen molar-refractivity contribution in [1.29, 1.82) is 0 Å². The molecule has 2 rings (SSSR count). The molecule has 2 aromatic carbocycles. The molecule has 0 saturated carbocycles. The summed E-state index contributed by atoms with van der Waals surface area (Å²) < 4.78 is 28.9. The average molecular weight is 388 g/mol. The lowest BCUT2D eigenvalue weighted by Gasteiger charge is -2.11. The molecular formula is C21H22F2N2O3. The van der Waals surface area contributed by atoms with E-state index in [1.807, 2.05) is 26.0 Å². The number of carboxylic acid groups (broad SMARTS) is 1. The van der Waals surface area contributed by atoms with Gasteiger partial charge in [-0.15, -0.1) is 0 Å². The van der Waals surface area contributed by atoms with Crippen LogP contribution in [-0.4, -0.2) is 29.6 Å². The predicted molar refractivity (Wildman–Crippen MR) is 105 cm³/mol. The van der Waals surface area contributed by atoms with Crippen molar-refractivity contribution >= 4 is 23.6 Å². The quantitative estimate of drug-likeness (QED) is 0.625. The molecule has 2 aromatic rings. The van der Waals surface area contributed by atoms with Gasteiger partial charge in [0.1, 0.15) is 18.2 Å². The summed E-state index contributed by atoms with van der Waals surface area (Å²) in [6.45, 7) is 4.80. The Hall–Kier alpha value is -3.22. The highest BCUT2D eigenvalue weighted by Crippen LogP contribution is 2.27. The molecule has 5 nitrogen and oxygen atoms in total. The van der Waals surface area contributed by atoms with Gasteiger partial charge in [-0.05, 0) is 62.2 Å². The van der Waals surface area contributed by atoms with Gasteiger partial charge in [0.15, 0.2) is 0 Å². The number of anilines is 1. The highest BCUT2D eigenvalue weighted by Gasteiger charge is 2.13. The number of benzene rings is 2. The fourth-order valence-electron chi connectivity index (χ4n) is 2.56. The molecule has 1 amide bonds. The Kier molecular flexibility index (Phi) is 6.87. The van der Waals surface area contributed by atoms with E-state index in [0.717, 1.165) is 11.8 Å². The smallest absolute Gasteiger partial charge is 0.322 e. The predicted octanol–water partition coefficient (Wildman–Crippen LogP) is 4.06. The van der Waals surface area contributed by atoms with Crippen LogP contribution in [0.1, 0.15) is 26.3 Å². The van der Waals surface area contributed by atoms with Crippen LogP contribution < -0.4 is 10.6 Å². The summed E-state index contributed by atoms with van der Waals surface area (Å²) in [4.78, 5) is 22.3. The van der Waals surface area contributed by atoms with Crippen molar-refractivity contribution in [1.82, 2.24) is 5.32 Å². The summed E-state index contributed by atoms with van der Waals surface area (Å²) in [5.74, 6) is -3.55. The van der Waals surface area contributed by atoms with Gasteiger partial charge < -0.3 is 15.7 Å². The second-order valence-corrected chi connectivity index (χ2v) is 6.63. The largest absolute Gasteiger partial charge is 0.480 e. The normalized spacial score (nSPS) is 11.4. The number of aliphatic carboxylic acids is 1. The molecule has 28 heavy (non-hydrogen) atoms. The number of carbonyl (C=O) groups excluding carboxylic acids is 1. The van der Waals surface area contributed by atoms with Gasteiger partial charge in [-0.3, -0.25) is 9.59 Å². The first-order chi connectivity index (χ1) is 13.2. The van der Waals surface area contributed by atoms with Crippen LogP contribution in [-0.2, 0) is 9.59 Å². The van der Waals surface area contributed by atoms with Crippen molar-refractivity contribution in [2.45, 2.75) is 26.8 Å². The van der Waals surface area contributed by atoms with Crippen LogP contribution in [0.25, 0.3) is 17.2 Å².